The fraction of sp³-hybridized carbons (Fsp3) is 0.263. The summed E-state index contributed by atoms with van der Waals surface area (Å²) >= 11 is 7.22. The van der Waals surface area contributed by atoms with Crippen LogP contribution in [0.3, 0.4) is 0 Å². The van der Waals surface area contributed by atoms with E-state index in [1.807, 2.05) is 6.07 Å². The summed E-state index contributed by atoms with van der Waals surface area (Å²) in [5, 5.41) is 1.04. The molecule has 1 saturated heterocycles. The molecule has 0 aliphatic carbocycles. The number of aromatic nitrogens is 2. The van der Waals surface area contributed by atoms with Crippen molar-refractivity contribution in [1.82, 2.24) is 14.9 Å². The van der Waals surface area contributed by atoms with Crippen molar-refractivity contribution >= 4 is 50.7 Å². The molecule has 0 unspecified atom stereocenters. The van der Waals surface area contributed by atoms with E-state index in [2.05, 4.69) is 9.97 Å². The molecule has 3 heterocycles. The number of halogens is 1. The van der Waals surface area contributed by atoms with Gasteiger partial charge in [0.15, 0.2) is 0 Å². The summed E-state index contributed by atoms with van der Waals surface area (Å²) in [5.41, 5.74) is 13.0. The van der Waals surface area contributed by atoms with Crippen molar-refractivity contribution in [3.05, 3.63) is 34.2 Å². The highest BCUT2D eigenvalue weighted by atomic mass is 35.5. The third-order valence-electron chi connectivity index (χ3n) is 4.57. The molecular weight excluding hydrogens is 430 g/mol. The number of carbonyl (C=O) groups is 2. The number of benzene rings is 1. The molecule has 1 aromatic carbocycles. The lowest BCUT2D eigenvalue weighted by atomic mass is 10.1. The van der Waals surface area contributed by atoms with Gasteiger partial charge < -0.3 is 25.8 Å². The van der Waals surface area contributed by atoms with E-state index in [1.165, 1.54) is 0 Å². The molecule has 9 nitrogen and oxygen atoms in total. The third-order valence-corrected chi connectivity index (χ3v) is 5.92. The fourth-order valence-corrected chi connectivity index (χ4v) is 4.26. The number of thiophene rings is 1. The predicted octanol–water partition coefficient (Wildman–Crippen LogP) is 1.93. The lowest BCUT2D eigenvalue weighted by Crippen LogP contribution is -2.43. The number of amides is 2. The number of rotatable bonds is 6. The van der Waals surface area contributed by atoms with E-state index in [4.69, 9.17) is 32.5 Å². The summed E-state index contributed by atoms with van der Waals surface area (Å²) in [6.45, 7) is 1.67. The summed E-state index contributed by atoms with van der Waals surface area (Å²) in [4.78, 5) is 34.8. The Kier molecular flexibility index (Phi) is 5.71. The molecule has 4 N–H and O–H groups in total. The number of anilines is 1. The Morgan fingerprint density at radius 3 is 2.93 bits per heavy atom. The molecule has 0 radical (unpaired) electrons. The van der Waals surface area contributed by atoms with Crippen molar-refractivity contribution in [3.8, 4) is 17.3 Å². The molecule has 2 aromatic heterocycles. The van der Waals surface area contributed by atoms with Gasteiger partial charge in [-0.3, -0.25) is 9.59 Å². The van der Waals surface area contributed by atoms with E-state index in [-0.39, 0.29) is 35.7 Å². The number of morpholine rings is 1. The molecule has 0 saturated carbocycles. The number of nitrogens with zero attached hydrogens (tertiary/aromatic N) is 3. The molecular formula is C19H18ClN5O4S. The summed E-state index contributed by atoms with van der Waals surface area (Å²) < 4.78 is 10.8. The Labute approximate surface area is 180 Å². The minimum Gasteiger partial charge on any atom is -0.462 e. The molecule has 11 heteroatoms. The lowest BCUT2D eigenvalue weighted by Gasteiger charge is -2.26. The van der Waals surface area contributed by atoms with Crippen molar-refractivity contribution in [2.24, 2.45) is 5.73 Å². The Morgan fingerprint density at radius 2 is 2.20 bits per heavy atom. The average molecular weight is 448 g/mol. The monoisotopic (exact) mass is 447 g/mol. The largest absolute Gasteiger partial charge is 0.462 e. The van der Waals surface area contributed by atoms with Crippen LogP contribution in [-0.2, 0) is 9.53 Å². The number of ether oxygens (including phenoxy) is 2. The van der Waals surface area contributed by atoms with Crippen molar-refractivity contribution in [2.75, 3.05) is 38.6 Å². The molecule has 3 aromatic rings. The highest BCUT2D eigenvalue weighted by Crippen LogP contribution is 2.39. The zero-order chi connectivity index (χ0) is 21.3. The topological polar surface area (TPSA) is 134 Å². The second-order valence-electron chi connectivity index (χ2n) is 6.54. The normalized spacial score (nSPS) is 14.3. The van der Waals surface area contributed by atoms with Crippen LogP contribution in [0.4, 0.5) is 5.69 Å². The number of fused-ring (bicyclic) bond motifs is 1. The number of carbonyl (C=O) groups excluding carboxylic acids is 2. The molecule has 30 heavy (non-hydrogen) atoms. The standard InChI is InChI=1S/C19H18ClN5O4S/c20-11-3-1-2-10(8-11)15-13-14(21)16(17(22)27)30-18(13)24-19(23-15)29-7-5-25-4-6-28-9-12(25)26/h1-3,8H,4-7,9,21H2,(H2,22,27). The van der Waals surface area contributed by atoms with Crippen LogP contribution in [0.2, 0.25) is 5.02 Å². The molecule has 156 valence electrons. The van der Waals surface area contributed by atoms with Crippen molar-refractivity contribution in [1.29, 1.82) is 0 Å². The van der Waals surface area contributed by atoms with Gasteiger partial charge in [-0.15, -0.1) is 11.3 Å². The van der Waals surface area contributed by atoms with Gasteiger partial charge in [-0.1, -0.05) is 23.7 Å². The quantitative estimate of drug-likeness (QED) is 0.589. The van der Waals surface area contributed by atoms with E-state index >= 15 is 0 Å². The highest BCUT2D eigenvalue weighted by Gasteiger charge is 2.22. The van der Waals surface area contributed by atoms with Gasteiger partial charge in [-0.25, -0.2) is 0 Å². The summed E-state index contributed by atoms with van der Waals surface area (Å²) in [7, 11) is 0. The Hall–Kier alpha value is -2.95. The van der Waals surface area contributed by atoms with Gasteiger partial charge in [-0.05, 0) is 12.1 Å². The van der Waals surface area contributed by atoms with Gasteiger partial charge in [0.1, 0.15) is 22.9 Å². The molecule has 1 aliphatic heterocycles. The number of primary amides is 1. The summed E-state index contributed by atoms with van der Waals surface area (Å²) in [5.74, 6) is -0.723. The van der Waals surface area contributed by atoms with Crippen LogP contribution in [-0.4, -0.2) is 59.6 Å². The van der Waals surface area contributed by atoms with E-state index in [0.29, 0.717) is 46.2 Å². The maximum atomic E-state index is 11.8. The molecule has 2 amide bonds. The van der Waals surface area contributed by atoms with Gasteiger partial charge >= 0.3 is 6.01 Å². The number of nitrogens with two attached hydrogens (primary N) is 2. The third kappa shape index (κ3) is 4.02. The van der Waals surface area contributed by atoms with Crippen molar-refractivity contribution < 1.29 is 19.1 Å². The van der Waals surface area contributed by atoms with Gasteiger partial charge in [0.2, 0.25) is 5.91 Å². The van der Waals surface area contributed by atoms with Gasteiger partial charge in [0.05, 0.1) is 29.9 Å². The summed E-state index contributed by atoms with van der Waals surface area (Å²) in [6.07, 6.45) is 0. The van der Waals surface area contributed by atoms with E-state index in [1.54, 1.807) is 23.1 Å². The van der Waals surface area contributed by atoms with E-state index < -0.39 is 5.91 Å². The second-order valence-corrected chi connectivity index (χ2v) is 7.97. The first-order chi connectivity index (χ1) is 14.4. The van der Waals surface area contributed by atoms with Crippen LogP contribution in [0.15, 0.2) is 24.3 Å². The zero-order valence-corrected chi connectivity index (χ0v) is 17.3. The fourth-order valence-electron chi connectivity index (χ4n) is 3.13. The van der Waals surface area contributed by atoms with Crippen molar-refractivity contribution in [3.63, 3.8) is 0 Å². The number of hydrogen-bond acceptors (Lipinski definition) is 8. The maximum Gasteiger partial charge on any atom is 0.318 e. The van der Waals surface area contributed by atoms with Crippen LogP contribution >= 0.6 is 22.9 Å². The molecule has 1 aliphatic rings. The molecule has 1 fully saturated rings. The predicted molar refractivity (Wildman–Crippen MR) is 114 cm³/mol. The SMILES string of the molecule is NC(=O)c1sc2nc(OCCN3CCOCC3=O)nc(-c3cccc(Cl)c3)c2c1N. The first kappa shape index (κ1) is 20.3. The van der Waals surface area contributed by atoms with Gasteiger partial charge in [-0.2, -0.15) is 9.97 Å². The smallest absolute Gasteiger partial charge is 0.318 e. The molecule has 0 atom stereocenters. The minimum atomic E-state index is -0.638. The Balaban J connectivity index is 1.68. The van der Waals surface area contributed by atoms with Crippen LogP contribution < -0.4 is 16.2 Å². The average Bonchev–Trinajstić information content (AvgIpc) is 3.06. The summed E-state index contributed by atoms with van der Waals surface area (Å²) in [6, 6.07) is 7.20. The van der Waals surface area contributed by atoms with Crippen LogP contribution in [0.25, 0.3) is 21.5 Å². The first-order valence-corrected chi connectivity index (χ1v) is 10.3. The van der Waals surface area contributed by atoms with Gasteiger partial charge in [0.25, 0.3) is 5.91 Å². The minimum absolute atomic E-state index is 0.0751. The Bertz CT molecular complexity index is 1140. The van der Waals surface area contributed by atoms with Crippen molar-refractivity contribution in [2.45, 2.75) is 0 Å². The first-order valence-electron chi connectivity index (χ1n) is 9.08. The maximum absolute atomic E-state index is 11.8. The zero-order valence-electron chi connectivity index (χ0n) is 15.8. The highest BCUT2D eigenvalue weighted by molar-refractivity contribution is 7.21. The molecule has 0 bridgehead atoms. The number of hydrogen-bond donors (Lipinski definition) is 2. The second kappa shape index (κ2) is 8.42. The molecule has 0 spiro atoms. The lowest BCUT2D eigenvalue weighted by molar-refractivity contribution is -0.143. The number of nitrogen functional groups attached to an aromatic ring is 1. The van der Waals surface area contributed by atoms with Crippen LogP contribution in [0, 0.1) is 0 Å². The van der Waals surface area contributed by atoms with E-state index in [9.17, 15) is 9.59 Å². The molecule has 4 rings (SSSR count). The van der Waals surface area contributed by atoms with Crippen LogP contribution in [0.1, 0.15) is 9.67 Å². The Morgan fingerprint density at radius 1 is 1.37 bits per heavy atom. The van der Waals surface area contributed by atoms with E-state index in [0.717, 1.165) is 11.3 Å². The van der Waals surface area contributed by atoms with Gasteiger partial charge in [0, 0.05) is 17.1 Å². The van der Waals surface area contributed by atoms with Crippen LogP contribution in [0.5, 0.6) is 6.01 Å².